The topological polar surface area (TPSA) is 106 Å². The van der Waals surface area contributed by atoms with Crippen molar-refractivity contribution in [1.29, 1.82) is 0 Å². The fourth-order valence-corrected chi connectivity index (χ4v) is 6.18. The van der Waals surface area contributed by atoms with E-state index >= 15 is 0 Å². The summed E-state index contributed by atoms with van der Waals surface area (Å²) < 4.78 is 65.1. The standard InChI is InChI=1S/C24H21FO6S2/c1-32(28,29)20-8-10-21(16-3-2-4-19(25)11-16)18(12-20)14-33(30,31)23-13-17(24(26)27)7-9-22(23)15-5-6-15/h2-4,7-13,15H,5-6,14H2,1H3,(H,26,27). The quantitative estimate of drug-likeness (QED) is 0.527. The fraction of sp³-hybridized carbons (Fsp3) is 0.208. The Kier molecular flexibility index (Phi) is 5.88. The molecule has 1 aliphatic rings. The third-order valence-corrected chi connectivity index (χ3v) is 8.42. The summed E-state index contributed by atoms with van der Waals surface area (Å²) in [5, 5.41) is 9.36. The molecule has 0 atom stereocenters. The number of rotatable bonds is 7. The van der Waals surface area contributed by atoms with E-state index in [0.29, 0.717) is 16.7 Å². The molecule has 1 fully saturated rings. The number of benzene rings is 3. The van der Waals surface area contributed by atoms with Crippen LogP contribution in [0.3, 0.4) is 0 Å². The highest BCUT2D eigenvalue weighted by Crippen LogP contribution is 2.44. The molecule has 0 heterocycles. The summed E-state index contributed by atoms with van der Waals surface area (Å²) in [6.45, 7) is 0. The van der Waals surface area contributed by atoms with Crippen molar-refractivity contribution in [1.82, 2.24) is 0 Å². The molecule has 3 aromatic carbocycles. The van der Waals surface area contributed by atoms with E-state index in [1.165, 1.54) is 48.5 Å². The molecule has 4 rings (SSSR count). The van der Waals surface area contributed by atoms with Gasteiger partial charge >= 0.3 is 5.97 Å². The Morgan fingerprint density at radius 3 is 2.33 bits per heavy atom. The molecule has 0 radical (unpaired) electrons. The van der Waals surface area contributed by atoms with Crippen molar-refractivity contribution in [3.63, 3.8) is 0 Å². The van der Waals surface area contributed by atoms with Gasteiger partial charge in [-0.1, -0.05) is 24.3 Å². The molecule has 3 aromatic rings. The van der Waals surface area contributed by atoms with Crippen molar-refractivity contribution in [2.75, 3.05) is 6.26 Å². The molecule has 1 aliphatic carbocycles. The van der Waals surface area contributed by atoms with Crippen LogP contribution in [-0.2, 0) is 25.4 Å². The molecule has 0 saturated heterocycles. The van der Waals surface area contributed by atoms with Gasteiger partial charge in [-0.3, -0.25) is 0 Å². The van der Waals surface area contributed by atoms with E-state index in [4.69, 9.17) is 0 Å². The molecule has 172 valence electrons. The molecule has 0 spiro atoms. The van der Waals surface area contributed by atoms with Gasteiger partial charge in [0.05, 0.1) is 21.1 Å². The summed E-state index contributed by atoms with van der Waals surface area (Å²) in [6, 6.07) is 13.8. The van der Waals surface area contributed by atoms with Gasteiger partial charge in [-0.05, 0) is 77.4 Å². The molecule has 0 aliphatic heterocycles. The zero-order valence-corrected chi connectivity index (χ0v) is 19.3. The molecule has 0 unspecified atom stereocenters. The van der Waals surface area contributed by atoms with Crippen LogP contribution < -0.4 is 0 Å². The lowest BCUT2D eigenvalue weighted by Crippen LogP contribution is -2.11. The minimum Gasteiger partial charge on any atom is -0.478 e. The van der Waals surface area contributed by atoms with Crippen LogP contribution in [0.2, 0.25) is 0 Å². The number of aromatic carboxylic acids is 1. The van der Waals surface area contributed by atoms with Crippen LogP contribution in [0.4, 0.5) is 4.39 Å². The second-order valence-corrected chi connectivity index (χ2v) is 12.2. The largest absolute Gasteiger partial charge is 0.478 e. The van der Waals surface area contributed by atoms with Gasteiger partial charge < -0.3 is 5.11 Å². The van der Waals surface area contributed by atoms with E-state index in [-0.39, 0.29) is 26.8 Å². The zero-order valence-electron chi connectivity index (χ0n) is 17.7. The van der Waals surface area contributed by atoms with Crippen molar-refractivity contribution in [3.05, 3.63) is 83.2 Å². The van der Waals surface area contributed by atoms with E-state index in [1.54, 1.807) is 6.07 Å². The number of carbonyl (C=O) groups is 1. The first kappa shape index (κ1) is 23.1. The Labute approximate surface area is 191 Å². The van der Waals surface area contributed by atoms with Gasteiger partial charge in [0.25, 0.3) is 0 Å². The minimum absolute atomic E-state index is 0.0441. The highest BCUT2D eigenvalue weighted by molar-refractivity contribution is 7.91. The molecule has 0 aromatic heterocycles. The van der Waals surface area contributed by atoms with Gasteiger partial charge in [-0.2, -0.15) is 0 Å². The van der Waals surface area contributed by atoms with Crippen molar-refractivity contribution < 1.29 is 31.1 Å². The summed E-state index contributed by atoms with van der Waals surface area (Å²) >= 11 is 0. The molecule has 1 N–H and O–H groups in total. The number of hydrogen-bond acceptors (Lipinski definition) is 5. The third-order valence-electron chi connectivity index (χ3n) is 5.60. The molecule has 9 heteroatoms. The Balaban J connectivity index is 1.87. The van der Waals surface area contributed by atoms with E-state index in [9.17, 15) is 31.1 Å². The van der Waals surface area contributed by atoms with Gasteiger partial charge in [-0.25, -0.2) is 26.0 Å². The Bertz CT molecular complexity index is 1470. The Morgan fingerprint density at radius 1 is 1.00 bits per heavy atom. The van der Waals surface area contributed by atoms with Crippen LogP contribution in [0, 0.1) is 5.82 Å². The number of halogens is 1. The summed E-state index contributed by atoms with van der Waals surface area (Å²) in [4.78, 5) is 11.3. The van der Waals surface area contributed by atoms with Gasteiger partial charge in [0.1, 0.15) is 5.82 Å². The molecule has 0 bridgehead atoms. The predicted octanol–water partition coefficient (Wildman–Crippen LogP) is 4.45. The van der Waals surface area contributed by atoms with Crippen LogP contribution in [-0.4, -0.2) is 34.2 Å². The first-order valence-corrected chi connectivity index (χ1v) is 13.7. The maximum atomic E-state index is 13.9. The Hall–Kier alpha value is -3.04. The van der Waals surface area contributed by atoms with E-state index in [2.05, 4.69) is 0 Å². The lowest BCUT2D eigenvalue weighted by molar-refractivity contribution is 0.0696. The van der Waals surface area contributed by atoms with Gasteiger partial charge in [0.15, 0.2) is 19.7 Å². The van der Waals surface area contributed by atoms with Crippen LogP contribution >= 0.6 is 0 Å². The smallest absolute Gasteiger partial charge is 0.335 e. The number of carboxylic acid groups (broad SMARTS) is 1. The SMILES string of the molecule is CS(=O)(=O)c1ccc(-c2cccc(F)c2)c(CS(=O)(=O)c2cc(C(=O)O)ccc2C2CC2)c1. The molecule has 1 saturated carbocycles. The summed E-state index contributed by atoms with van der Waals surface area (Å²) in [5.74, 6) is -2.28. The highest BCUT2D eigenvalue weighted by Gasteiger charge is 2.32. The first-order chi connectivity index (χ1) is 15.5. The monoisotopic (exact) mass is 488 g/mol. The highest BCUT2D eigenvalue weighted by atomic mass is 32.2. The van der Waals surface area contributed by atoms with Crippen LogP contribution in [0.25, 0.3) is 11.1 Å². The first-order valence-electron chi connectivity index (χ1n) is 10.1. The van der Waals surface area contributed by atoms with Crippen molar-refractivity contribution in [2.45, 2.75) is 34.3 Å². The van der Waals surface area contributed by atoms with E-state index < -0.39 is 37.2 Å². The molecule has 0 amide bonds. The van der Waals surface area contributed by atoms with Crippen LogP contribution in [0.5, 0.6) is 0 Å². The normalized spacial score (nSPS) is 14.2. The lowest BCUT2D eigenvalue weighted by atomic mass is 10.0. The van der Waals surface area contributed by atoms with Crippen LogP contribution in [0.15, 0.2) is 70.5 Å². The summed E-state index contributed by atoms with van der Waals surface area (Å²) in [7, 11) is -7.69. The molecular formula is C24H21FO6S2. The van der Waals surface area contributed by atoms with Gasteiger partial charge in [0, 0.05) is 6.26 Å². The average molecular weight is 489 g/mol. The number of carboxylic acids is 1. The Morgan fingerprint density at radius 2 is 1.73 bits per heavy atom. The maximum Gasteiger partial charge on any atom is 0.335 e. The summed E-state index contributed by atoms with van der Waals surface area (Å²) in [5.41, 5.74) is 1.39. The number of hydrogen-bond donors (Lipinski definition) is 1. The van der Waals surface area contributed by atoms with Crippen molar-refractivity contribution in [2.24, 2.45) is 0 Å². The molecular weight excluding hydrogens is 467 g/mol. The van der Waals surface area contributed by atoms with E-state index in [0.717, 1.165) is 25.2 Å². The van der Waals surface area contributed by atoms with Gasteiger partial charge in [0.2, 0.25) is 0 Å². The second kappa shape index (κ2) is 8.39. The van der Waals surface area contributed by atoms with Crippen molar-refractivity contribution in [3.8, 4) is 11.1 Å². The lowest BCUT2D eigenvalue weighted by Gasteiger charge is -2.15. The molecule has 6 nitrogen and oxygen atoms in total. The van der Waals surface area contributed by atoms with Gasteiger partial charge in [-0.15, -0.1) is 0 Å². The van der Waals surface area contributed by atoms with E-state index in [1.807, 2.05) is 0 Å². The maximum absolute atomic E-state index is 13.9. The minimum atomic E-state index is -4.06. The second-order valence-electron chi connectivity index (χ2n) is 8.19. The van der Waals surface area contributed by atoms with Crippen LogP contribution in [0.1, 0.15) is 40.2 Å². The molecule has 33 heavy (non-hydrogen) atoms. The summed E-state index contributed by atoms with van der Waals surface area (Å²) in [6.07, 6.45) is 2.64. The zero-order chi connectivity index (χ0) is 24.0. The predicted molar refractivity (Wildman–Crippen MR) is 121 cm³/mol. The fourth-order valence-electron chi connectivity index (χ4n) is 3.81. The average Bonchev–Trinajstić information content (AvgIpc) is 3.57. The third kappa shape index (κ3) is 4.99. The van der Waals surface area contributed by atoms with Crippen molar-refractivity contribution >= 4 is 25.6 Å². The number of sulfone groups is 2.